The van der Waals surface area contributed by atoms with Crippen LogP contribution in [0.2, 0.25) is 0 Å². The number of alkyl carbamates (subject to hydrolysis) is 2. The third kappa shape index (κ3) is 13.0. The Bertz CT molecular complexity index is 1780. The van der Waals surface area contributed by atoms with Gasteiger partial charge in [-0.25, -0.2) is 9.59 Å². The summed E-state index contributed by atoms with van der Waals surface area (Å²) in [5.74, 6) is 1.06. The van der Waals surface area contributed by atoms with Crippen LogP contribution in [0.15, 0.2) is 71.1 Å². The van der Waals surface area contributed by atoms with Crippen molar-refractivity contribution < 1.29 is 37.7 Å². The minimum absolute atomic E-state index is 0.119. The van der Waals surface area contributed by atoms with Crippen molar-refractivity contribution in [2.75, 3.05) is 19.7 Å². The fraction of sp³-hybridized carbons (Fsp3) is 0.425. The topological polar surface area (TPSA) is 137 Å². The highest BCUT2D eigenvalue weighted by Crippen LogP contribution is 2.34. The predicted molar refractivity (Wildman–Crippen MR) is 196 cm³/mol. The van der Waals surface area contributed by atoms with Gasteiger partial charge in [-0.05, 0) is 108 Å². The molecule has 2 amide bonds. The number of carbonyl (C=O) groups is 3. The van der Waals surface area contributed by atoms with E-state index < -0.39 is 23.4 Å². The summed E-state index contributed by atoms with van der Waals surface area (Å²) in [4.78, 5) is 36.5. The lowest BCUT2D eigenvalue weighted by Gasteiger charge is -2.19. The zero-order valence-corrected chi connectivity index (χ0v) is 30.8. The summed E-state index contributed by atoms with van der Waals surface area (Å²) in [5.41, 5.74) is 3.93. The van der Waals surface area contributed by atoms with E-state index in [0.29, 0.717) is 45.0 Å². The van der Waals surface area contributed by atoms with Gasteiger partial charge >= 0.3 is 18.2 Å². The molecule has 11 heteroatoms. The first-order valence-electron chi connectivity index (χ1n) is 17.3. The van der Waals surface area contributed by atoms with Gasteiger partial charge in [-0.15, -0.1) is 0 Å². The number of hydrogen-bond acceptors (Lipinski definition) is 9. The average Bonchev–Trinajstić information content (AvgIpc) is 3.46. The Balaban J connectivity index is 1.53. The summed E-state index contributed by atoms with van der Waals surface area (Å²) in [6, 6.07) is 21.5. The molecule has 3 aromatic carbocycles. The number of para-hydroxylation sites is 1. The molecular weight excluding hydrogens is 650 g/mol. The Morgan fingerprint density at radius 2 is 1.49 bits per heavy atom. The van der Waals surface area contributed by atoms with Gasteiger partial charge < -0.3 is 39.3 Å². The molecule has 4 rings (SSSR count). The lowest BCUT2D eigenvalue weighted by molar-refractivity contribution is -0.142. The van der Waals surface area contributed by atoms with E-state index in [1.165, 1.54) is 0 Å². The molecule has 0 saturated heterocycles. The molecule has 0 aliphatic rings. The smallest absolute Gasteiger partial charge is 0.407 e. The molecule has 274 valence electrons. The first-order chi connectivity index (χ1) is 24.2. The van der Waals surface area contributed by atoms with Crippen molar-refractivity contribution in [1.82, 2.24) is 16.0 Å². The van der Waals surface area contributed by atoms with Crippen molar-refractivity contribution in [3.63, 3.8) is 0 Å². The molecule has 0 fully saturated rings. The van der Waals surface area contributed by atoms with Crippen molar-refractivity contribution in [2.24, 2.45) is 0 Å². The quantitative estimate of drug-likeness (QED) is 0.0644. The van der Waals surface area contributed by atoms with Gasteiger partial charge in [0.25, 0.3) is 0 Å². The maximum atomic E-state index is 12.3. The normalized spacial score (nSPS) is 11.6. The van der Waals surface area contributed by atoms with E-state index in [9.17, 15) is 14.4 Å². The number of amides is 2. The number of esters is 1. The molecule has 11 nitrogen and oxygen atoms in total. The Kier molecular flexibility index (Phi) is 13.5. The molecular formula is C40H51N3O8. The summed E-state index contributed by atoms with van der Waals surface area (Å²) in [6.07, 6.45) is -0.0811. The van der Waals surface area contributed by atoms with Crippen LogP contribution in [0.3, 0.4) is 0 Å². The van der Waals surface area contributed by atoms with E-state index in [0.717, 1.165) is 44.5 Å². The number of ether oxygens (including phenoxy) is 4. The van der Waals surface area contributed by atoms with E-state index in [-0.39, 0.29) is 19.0 Å². The van der Waals surface area contributed by atoms with Crippen molar-refractivity contribution in [3.05, 3.63) is 89.2 Å². The zero-order valence-electron chi connectivity index (χ0n) is 30.8. The number of carbonyl (C=O) groups excluding carboxylic acids is 3. The summed E-state index contributed by atoms with van der Waals surface area (Å²) in [6.45, 7) is 15.3. The van der Waals surface area contributed by atoms with Crippen LogP contribution >= 0.6 is 0 Å². The standard InChI is InChI=1S/C40H51N3O8/c1-8-47-35(44)23-30-14-9-10-16-34(30)48-26-28-20-31-22-32(25-41-17-12-18-42-37(45)50-39(2,3)4)49-36(31)33(21-28)29-15-11-13-27(19-29)24-43-38(46)51-40(5,6)7/h9-11,13-16,19-22,41H,8,12,17-18,23-26H2,1-7H3,(H,42,45)(H,43,46). The highest BCUT2D eigenvalue weighted by Gasteiger charge is 2.18. The summed E-state index contributed by atoms with van der Waals surface area (Å²) < 4.78 is 28.5. The molecule has 0 aliphatic heterocycles. The molecule has 0 radical (unpaired) electrons. The second-order valence-corrected chi connectivity index (χ2v) is 14.2. The van der Waals surface area contributed by atoms with E-state index in [4.69, 9.17) is 23.4 Å². The fourth-order valence-corrected chi connectivity index (χ4v) is 5.24. The number of rotatable bonds is 15. The Morgan fingerprint density at radius 3 is 2.22 bits per heavy atom. The van der Waals surface area contributed by atoms with E-state index >= 15 is 0 Å². The molecule has 1 heterocycles. The molecule has 1 aromatic heterocycles. The van der Waals surface area contributed by atoms with Crippen LogP contribution in [0, 0.1) is 0 Å². The lowest BCUT2D eigenvalue weighted by Crippen LogP contribution is -2.33. The summed E-state index contributed by atoms with van der Waals surface area (Å²) in [7, 11) is 0. The maximum absolute atomic E-state index is 12.3. The van der Waals surface area contributed by atoms with Crippen molar-refractivity contribution >= 4 is 29.1 Å². The molecule has 0 bridgehead atoms. The van der Waals surface area contributed by atoms with Crippen molar-refractivity contribution in [2.45, 2.75) is 92.2 Å². The van der Waals surface area contributed by atoms with Gasteiger partial charge in [0, 0.05) is 29.6 Å². The summed E-state index contributed by atoms with van der Waals surface area (Å²) >= 11 is 0. The lowest BCUT2D eigenvalue weighted by atomic mass is 9.99. The highest BCUT2D eigenvalue weighted by molar-refractivity contribution is 5.93. The SMILES string of the molecule is CCOC(=O)Cc1ccccc1OCc1cc(-c2cccc(CNC(=O)OC(C)(C)C)c2)c2oc(CNCCCNC(=O)OC(C)(C)C)cc2c1. The van der Waals surface area contributed by atoms with Crippen LogP contribution in [0.25, 0.3) is 22.1 Å². The van der Waals surface area contributed by atoms with Gasteiger partial charge in [-0.1, -0.05) is 36.4 Å². The third-order valence-electron chi connectivity index (χ3n) is 7.31. The number of fused-ring (bicyclic) bond motifs is 1. The van der Waals surface area contributed by atoms with Crippen LogP contribution < -0.4 is 20.7 Å². The van der Waals surface area contributed by atoms with Gasteiger partial charge in [-0.2, -0.15) is 0 Å². The molecule has 0 spiro atoms. The number of hydrogen-bond donors (Lipinski definition) is 3. The molecule has 0 unspecified atom stereocenters. The number of nitrogens with one attached hydrogen (secondary N) is 3. The molecule has 0 atom stereocenters. The van der Waals surface area contributed by atoms with Crippen LogP contribution in [0.4, 0.5) is 9.59 Å². The van der Waals surface area contributed by atoms with Crippen molar-refractivity contribution in [3.8, 4) is 16.9 Å². The monoisotopic (exact) mass is 701 g/mol. The Morgan fingerprint density at radius 1 is 0.765 bits per heavy atom. The van der Waals surface area contributed by atoms with Gasteiger partial charge in [0.1, 0.15) is 34.9 Å². The average molecular weight is 702 g/mol. The zero-order chi connectivity index (χ0) is 37.0. The number of furan rings is 1. The molecule has 51 heavy (non-hydrogen) atoms. The fourth-order valence-electron chi connectivity index (χ4n) is 5.24. The van der Waals surface area contributed by atoms with E-state index in [1.807, 2.05) is 108 Å². The van der Waals surface area contributed by atoms with Crippen LogP contribution in [0.1, 0.15) is 77.3 Å². The Labute approximate surface area is 300 Å². The largest absolute Gasteiger partial charge is 0.489 e. The molecule has 0 aliphatic carbocycles. The molecule has 3 N–H and O–H groups in total. The Hall–Kier alpha value is -5.03. The second-order valence-electron chi connectivity index (χ2n) is 14.2. The van der Waals surface area contributed by atoms with Crippen molar-refractivity contribution in [1.29, 1.82) is 0 Å². The van der Waals surface area contributed by atoms with Gasteiger partial charge in [-0.3, -0.25) is 4.79 Å². The van der Waals surface area contributed by atoms with E-state index in [1.54, 1.807) is 6.92 Å². The molecule has 0 saturated carbocycles. The van der Waals surface area contributed by atoms with Gasteiger partial charge in [0.15, 0.2) is 0 Å². The minimum atomic E-state index is -0.595. The predicted octanol–water partition coefficient (Wildman–Crippen LogP) is 7.81. The van der Waals surface area contributed by atoms with Crippen LogP contribution in [0.5, 0.6) is 5.75 Å². The molecule has 4 aromatic rings. The maximum Gasteiger partial charge on any atom is 0.407 e. The van der Waals surface area contributed by atoms with Crippen LogP contribution in [-0.4, -0.2) is 49.1 Å². The summed E-state index contributed by atoms with van der Waals surface area (Å²) in [5, 5.41) is 9.90. The van der Waals surface area contributed by atoms with Gasteiger partial charge in [0.05, 0.1) is 19.6 Å². The second kappa shape index (κ2) is 17.8. The van der Waals surface area contributed by atoms with Crippen LogP contribution in [-0.2, 0) is 45.1 Å². The van der Waals surface area contributed by atoms with Gasteiger partial charge in [0.2, 0.25) is 0 Å². The highest BCUT2D eigenvalue weighted by atomic mass is 16.6. The first kappa shape index (κ1) is 38.8. The van der Waals surface area contributed by atoms with E-state index in [2.05, 4.69) is 16.0 Å². The third-order valence-corrected chi connectivity index (χ3v) is 7.31. The first-order valence-corrected chi connectivity index (χ1v) is 17.3. The minimum Gasteiger partial charge on any atom is -0.489 e. The number of benzene rings is 3.